The molecule has 2 N–H and O–H groups in total. The largest absolute Gasteiger partial charge is 0.490 e. The Kier molecular flexibility index (Phi) is 11.4. The molecule has 2 fully saturated rings. The second-order valence-electron chi connectivity index (χ2n) is 8.13. The van der Waals surface area contributed by atoms with Gasteiger partial charge in [0.25, 0.3) is 0 Å². The molecule has 0 radical (unpaired) electrons. The predicted molar refractivity (Wildman–Crippen MR) is 118 cm³/mol. The lowest BCUT2D eigenvalue weighted by molar-refractivity contribution is -0.193. The van der Waals surface area contributed by atoms with Crippen LogP contribution in [0.25, 0.3) is 0 Å². The van der Waals surface area contributed by atoms with Crippen molar-refractivity contribution in [3.63, 3.8) is 0 Å². The summed E-state index contributed by atoms with van der Waals surface area (Å²) >= 11 is 0. The molecule has 15 heteroatoms. The lowest BCUT2D eigenvalue weighted by Crippen LogP contribution is -2.51. The third-order valence-corrected chi connectivity index (χ3v) is 5.43. The Morgan fingerprint density at radius 3 is 1.95 bits per heavy atom. The van der Waals surface area contributed by atoms with E-state index in [0.29, 0.717) is 12.6 Å². The lowest BCUT2D eigenvalue weighted by Gasteiger charge is -2.39. The highest BCUT2D eigenvalue weighted by molar-refractivity contribution is 5.73. The van der Waals surface area contributed by atoms with Gasteiger partial charge in [-0.2, -0.15) is 26.3 Å². The van der Waals surface area contributed by atoms with Gasteiger partial charge >= 0.3 is 24.3 Å². The van der Waals surface area contributed by atoms with Crippen LogP contribution in [0, 0.1) is 0 Å². The van der Waals surface area contributed by atoms with Crippen LogP contribution in [0.2, 0.25) is 0 Å². The van der Waals surface area contributed by atoms with Crippen molar-refractivity contribution in [1.82, 2.24) is 14.9 Å². The van der Waals surface area contributed by atoms with Crippen molar-refractivity contribution < 1.29 is 55.6 Å². The molecule has 0 amide bonds. The summed E-state index contributed by atoms with van der Waals surface area (Å²) in [6, 6.07) is 8.58. The molecule has 0 spiro atoms. The number of carboxylic acid groups (broad SMARTS) is 2. The van der Waals surface area contributed by atoms with E-state index in [1.807, 2.05) is 30.7 Å². The van der Waals surface area contributed by atoms with Crippen molar-refractivity contribution in [3.8, 4) is 0 Å². The van der Waals surface area contributed by atoms with Gasteiger partial charge in [0.1, 0.15) is 0 Å². The number of hydrogen-bond acceptors (Lipinski definition) is 7. The van der Waals surface area contributed by atoms with Gasteiger partial charge in [0.05, 0.1) is 25.4 Å². The summed E-state index contributed by atoms with van der Waals surface area (Å²) in [6.07, 6.45) is -0.210. The van der Waals surface area contributed by atoms with E-state index >= 15 is 0 Å². The molecular weight excluding hydrogens is 528 g/mol. The molecular formula is C23H25F6N3O6. The van der Waals surface area contributed by atoms with Gasteiger partial charge in [0.2, 0.25) is 0 Å². The fourth-order valence-electron chi connectivity index (χ4n) is 3.78. The number of aromatic nitrogens is 2. The number of pyridine rings is 2. The number of rotatable bonds is 5. The van der Waals surface area contributed by atoms with E-state index in [-0.39, 0.29) is 12.2 Å². The van der Waals surface area contributed by atoms with Gasteiger partial charge in [-0.1, -0.05) is 12.1 Å². The van der Waals surface area contributed by atoms with E-state index in [4.69, 9.17) is 29.3 Å². The van der Waals surface area contributed by atoms with Crippen molar-refractivity contribution in [2.24, 2.45) is 0 Å². The summed E-state index contributed by atoms with van der Waals surface area (Å²) < 4.78 is 75.7. The van der Waals surface area contributed by atoms with Crippen molar-refractivity contribution in [2.45, 2.75) is 56.6 Å². The summed E-state index contributed by atoms with van der Waals surface area (Å²) in [4.78, 5) is 28.7. The van der Waals surface area contributed by atoms with Crippen molar-refractivity contribution in [3.05, 3.63) is 60.2 Å². The number of ether oxygens (including phenoxy) is 2. The number of morpholine rings is 1. The molecule has 1 saturated heterocycles. The van der Waals surface area contributed by atoms with Crippen LogP contribution in [0.4, 0.5) is 26.3 Å². The molecule has 0 unspecified atom stereocenters. The monoisotopic (exact) mass is 553 g/mol. The van der Waals surface area contributed by atoms with Crippen LogP contribution in [0.5, 0.6) is 0 Å². The van der Waals surface area contributed by atoms with Crippen LogP contribution in [0.3, 0.4) is 0 Å². The van der Waals surface area contributed by atoms with Crippen LogP contribution >= 0.6 is 0 Å². The maximum absolute atomic E-state index is 10.6. The summed E-state index contributed by atoms with van der Waals surface area (Å²) in [5, 5.41) is 14.2. The van der Waals surface area contributed by atoms with Gasteiger partial charge in [0.15, 0.2) is 0 Å². The number of carboxylic acids is 2. The number of aliphatic carboxylic acids is 2. The zero-order valence-corrected chi connectivity index (χ0v) is 19.7. The number of hydrogen-bond donors (Lipinski definition) is 2. The number of fused-ring (bicyclic) bond motifs is 1. The highest BCUT2D eigenvalue weighted by atomic mass is 19.4. The molecule has 1 aliphatic carbocycles. The first-order valence-corrected chi connectivity index (χ1v) is 11.1. The van der Waals surface area contributed by atoms with Crippen LogP contribution < -0.4 is 0 Å². The molecule has 2 aromatic rings. The third kappa shape index (κ3) is 10.2. The van der Waals surface area contributed by atoms with Crippen LogP contribution in [-0.4, -0.2) is 80.8 Å². The quantitative estimate of drug-likeness (QED) is 0.534. The molecule has 1 aliphatic heterocycles. The Hall–Kier alpha value is -3.30. The molecule has 38 heavy (non-hydrogen) atoms. The van der Waals surface area contributed by atoms with Gasteiger partial charge in [-0.05, 0) is 36.1 Å². The van der Waals surface area contributed by atoms with E-state index in [2.05, 4.69) is 27.0 Å². The highest BCUT2D eigenvalue weighted by Gasteiger charge is 2.43. The lowest BCUT2D eigenvalue weighted by atomic mass is 10.1. The fraction of sp³-hybridized carbons (Fsp3) is 0.478. The fourth-order valence-corrected chi connectivity index (χ4v) is 3.78. The van der Waals surface area contributed by atoms with Gasteiger partial charge in [-0.25, -0.2) is 9.59 Å². The van der Waals surface area contributed by atoms with Crippen molar-refractivity contribution in [2.75, 3.05) is 13.2 Å². The molecule has 2 aromatic heterocycles. The van der Waals surface area contributed by atoms with Crippen LogP contribution in [-0.2, 0) is 32.2 Å². The molecule has 0 aromatic carbocycles. The summed E-state index contributed by atoms with van der Waals surface area (Å²) in [7, 11) is 0. The normalized spacial score (nSPS) is 21.3. The van der Waals surface area contributed by atoms with Gasteiger partial charge in [-0.3, -0.25) is 14.9 Å². The number of carbonyl (C=O) groups is 2. The number of nitrogens with zero attached hydrogens (tertiary/aromatic N) is 3. The minimum atomic E-state index is -5.08. The Bertz CT molecular complexity index is 986. The zero-order valence-electron chi connectivity index (χ0n) is 19.7. The smallest absolute Gasteiger partial charge is 0.475 e. The standard InChI is InChI=1S/C19H23N3O2.2C2HF3O2/c1-3-15(11-20-7-1)13-22-9-10-23-19-17(22)5-6-18(19)24-14-16-4-2-8-21-12-16;2*3-2(4,5)1(6)7/h1-4,7-8,11-12,17-19H,5-6,9-10,13-14H2;2*(H,6,7)/t17-,18-,19+;;/m0../s1. The molecule has 210 valence electrons. The van der Waals surface area contributed by atoms with Crippen LogP contribution in [0.15, 0.2) is 49.1 Å². The Morgan fingerprint density at radius 1 is 0.947 bits per heavy atom. The van der Waals surface area contributed by atoms with E-state index in [1.165, 1.54) is 5.56 Å². The van der Waals surface area contributed by atoms with E-state index in [9.17, 15) is 26.3 Å². The zero-order chi connectivity index (χ0) is 28.3. The van der Waals surface area contributed by atoms with E-state index in [0.717, 1.165) is 38.1 Å². The summed E-state index contributed by atoms with van der Waals surface area (Å²) in [6.45, 7) is 3.29. The average molecular weight is 553 g/mol. The third-order valence-electron chi connectivity index (χ3n) is 5.43. The SMILES string of the molecule is O=C(O)C(F)(F)F.O=C(O)C(F)(F)F.c1cncc(CO[C@H]2CC[C@H]3[C@H]2OCCN3Cc2cccnc2)c1. The predicted octanol–water partition coefficient (Wildman–Crippen LogP) is 3.69. The van der Waals surface area contributed by atoms with Gasteiger partial charge < -0.3 is 19.7 Å². The maximum Gasteiger partial charge on any atom is 0.490 e. The topological polar surface area (TPSA) is 122 Å². The first kappa shape index (κ1) is 30.9. The number of alkyl halides is 6. The summed E-state index contributed by atoms with van der Waals surface area (Å²) in [5.41, 5.74) is 2.38. The molecule has 1 saturated carbocycles. The molecule has 4 rings (SSSR count). The molecule has 3 heterocycles. The maximum atomic E-state index is 10.6. The molecule has 2 aliphatic rings. The Labute approximate surface area is 213 Å². The molecule has 9 nitrogen and oxygen atoms in total. The van der Waals surface area contributed by atoms with Gasteiger partial charge in [-0.15, -0.1) is 0 Å². The van der Waals surface area contributed by atoms with E-state index < -0.39 is 24.3 Å². The second kappa shape index (κ2) is 14.0. The average Bonchev–Trinajstić information content (AvgIpc) is 3.28. The number of halogens is 6. The molecule has 0 bridgehead atoms. The van der Waals surface area contributed by atoms with E-state index in [1.54, 1.807) is 6.20 Å². The summed E-state index contributed by atoms with van der Waals surface area (Å²) in [5.74, 6) is -5.51. The Balaban J connectivity index is 0.000000301. The minimum Gasteiger partial charge on any atom is -0.475 e. The second-order valence-corrected chi connectivity index (χ2v) is 8.13. The minimum absolute atomic E-state index is 0.173. The van der Waals surface area contributed by atoms with Crippen molar-refractivity contribution in [1.29, 1.82) is 0 Å². The molecule has 3 atom stereocenters. The Morgan fingerprint density at radius 2 is 1.47 bits per heavy atom. The van der Waals surface area contributed by atoms with Gasteiger partial charge in [0, 0.05) is 43.9 Å². The first-order chi connectivity index (χ1) is 17.8. The van der Waals surface area contributed by atoms with Crippen LogP contribution in [0.1, 0.15) is 24.0 Å². The van der Waals surface area contributed by atoms with Crippen molar-refractivity contribution >= 4 is 11.9 Å². The highest BCUT2D eigenvalue weighted by Crippen LogP contribution is 2.33. The first-order valence-electron chi connectivity index (χ1n) is 11.1.